The lowest BCUT2D eigenvalue weighted by molar-refractivity contribution is -0.0794. The SMILES string of the molecule is COC1CC(Nc2ccc3cnccc3c2N)C1(C)C. The number of anilines is 2. The van der Waals surface area contributed by atoms with E-state index in [1.165, 1.54) is 0 Å². The van der Waals surface area contributed by atoms with Crippen molar-refractivity contribution < 1.29 is 4.74 Å². The van der Waals surface area contributed by atoms with Gasteiger partial charge in [-0.1, -0.05) is 19.9 Å². The molecule has 106 valence electrons. The van der Waals surface area contributed by atoms with E-state index >= 15 is 0 Å². The number of methoxy groups -OCH3 is 1. The summed E-state index contributed by atoms with van der Waals surface area (Å²) in [5, 5.41) is 5.68. The molecule has 1 heterocycles. The number of nitrogens with zero attached hydrogens (tertiary/aromatic N) is 1. The van der Waals surface area contributed by atoms with Gasteiger partial charge in [-0.15, -0.1) is 0 Å². The van der Waals surface area contributed by atoms with Crippen LogP contribution in [0.5, 0.6) is 0 Å². The molecule has 4 heteroatoms. The molecule has 0 radical (unpaired) electrons. The number of pyridine rings is 1. The molecule has 0 aliphatic heterocycles. The summed E-state index contributed by atoms with van der Waals surface area (Å²) in [6.07, 6.45) is 4.93. The monoisotopic (exact) mass is 271 g/mol. The molecule has 0 bridgehead atoms. The number of hydrogen-bond acceptors (Lipinski definition) is 4. The zero-order chi connectivity index (χ0) is 14.3. The molecule has 3 rings (SSSR count). The Hall–Kier alpha value is -1.81. The molecule has 3 N–H and O–H groups in total. The third-order valence-corrected chi connectivity index (χ3v) is 4.65. The predicted octanol–water partition coefficient (Wildman–Crippen LogP) is 3.04. The molecule has 1 saturated carbocycles. The van der Waals surface area contributed by atoms with Crippen LogP contribution in [0.25, 0.3) is 10.8 Å². The lowest BCUT2D eigenvalue weighted by Gasteiger charge is -2.51. The van der Waals surface area contributed by atoms with Gasteiger partial charge in [0, 0.05) is 41.7 Å². The fourth-order valence-corrected chi connectivity index (χ4v) is 3.04. The molecule has 1 aliphatic rings. The summed E-state index contributed by atoms with van der Waals surface area (Å²) in [7, 11) is 1.78. The van der Waals surface area contributed by atoms with Crippen molar-refractivity contribution >= 4 is 22.1 Å². The van der Waals surface area contributed by atoms with Gasteiger partial charge in [-0.05, 0) is 18.6 Å². The van der Waals surface area contributed by atoms with E-state index < -0.39 is 0 Å². The van der Waals surface area contributed by atoms with Crippen molar-refractivity contribution in [3.63, 3.8) is 0 Å². The van der Waals surface area contributed by atoms with Crippen LogP contribution in [0.4, 0.5) is 11.4 Å². The standard InChI is InChI=1S/C16H21N3O/c1-16(2)13(8-14(16)20-3)19-12-5-4-10-9-18-7-6-11(10)15(12)17/h4-7,9,13-14,19H,8,17H2,1-3H3. The highest BCUT2D eigenvalue weighted by molar-refractivity contribution is 5.98. The van der Waals surface area contributed by atoms with Crippen LogP contribution in [-0.2, 0) is 4.74 Å². The Labute approximate surface area is 119 Å². The van der Waals surface area contributed by atoms with E-state index in [2.05, 4.69) is 30.2 Å². The zero-order valence-corrected chi connectivity index (χ0v) is 12.2. The summed E-state index contributed by atoms with van der Waals surface area (Å²) in [6.45, 7) is 4.45. The summed E-state index contributed by atoms with van der Waals surface area (Å²) in [6, 6.07) is 6.43. The first kappa shape index (κ1) is 13.2. The minimum Gasteiger partial charge on any atom is -0.397 e. The molecule has 1 fully saturated rings. The first-order chi connectivity index (χ1) is 9.54. The second-order valence-corrected chi connectivity index (χ2v) is 6.10. The highest BCUT2D eigenvalue weighted by atomic mass is 16.5. The van der Waals surface area contributed by atoms with Gasteiger partial charge >= 0.3 is 0 Å². The van der Waals surface area contributed by atoms with Crippen molar-refractivity contribution in [1.82, 2.24) is 4.98 Å². The molecule has 0 spiro atoms. The van der Waals surface area contributed by atoms with E-state index in [4.69, 9.17) is 10.5 Å². The van der Waals surface area contributed by atoms with Crippen molar-refractivity contribution in [3.8, 4) is 0 Å². The van der Waals surface area contributed by atoms with Crippen molar-refractivity contribution in [1.29, 1.82) is 0 Å². The Balaban J connectivity index is 1.87. The number of hydrogen-bond donors (Lipinski definition) is 2. The molecule has 2 unspecified atom stereocenters. The lowest BCUT2D eigenvalue weighted by atomic mass is 9.64. The van der Waals surface area contributed by atoms with Crippen LogP contribution in [0.2, 0.25) is 0 Å². The van der Waals surface area contributed by atoms with Gasteiger partial charge in [-0.2, -0.15) is 0 Å². The largest absolute Gasteiger partial charge is 0.397 e. The highest BCUT2D eigenvalue weighted by Crippen LogP contribution is 2.45. The summed E-state index contributed by atoms with van der Waals surface area (Å²) < 4.78 is 5.49. The Bertz CT molecular complexity index is 639. The maximum absolute atomic E-state index is 6.28. The van der Waals surface area contributed by atoms with Crippen LogP contribution < -0.4 is 11.1 Å². The first-order valence-electron chi connectivity index (χ1n) is 6.95. The van der Waals surface area contributed by atoms with Gasteiger partial charge in [0.05, 0.1) is 17.5 Å². The van der Waals surface area contributed by atoms with Gasteiger partial charge in [0.1, 0.15) is 0 Å². The van der Waals surface area contributed by atoms with E-state index in [1.807, 2.05) is 18.3 Å². The van der Waals surface area contributed by atoms with Crippen LogP contribution in [0, 0.1) is 5.41 Å². The van der Waals surface area contributed by atoms with Gasteiger partial charge in [-0.3, -0.25) is 4.98 Å². The van der Waals surface area contributed by atoms with Crippen LogP contribution in [-0.4, -0.2) is 24.2 Å². The molecule has 1 aromatic carbocycles. The topological polar surface area (TPSA) is 60.2 Å². The molecule has 4 nitrogen and oxygen atoms in total. The minimum absolute atomic E-state index is 0.119. The number of nitrogen functional groups attached to an aromatic ring is 1. The van der Waals surface area contributed by atoms with Crippen LogP contribution in [0.15, 0.2) is 30.6 Å². The number of fused-ring (bicyclic) bond motifs is 1. The van der Waals surface area contributed by atoms with Gasteiger partial charge in [0.2, 0.25) is 0 Å². The summed E-state index contributed by atoms with van der Waals surface area (Å²) in [5.41, 5.74) is 8.19. The fraction of sp³-hybridized carbons (Fsp3) is 0.438. The van der Waals surface area contributed by atoms with Gasteiger partial charge < -0.3 is 15.8 Å². The third-order valence-electron chi connectivity index (χ3n) is 4.65. The molecule has 20 heavy (non-hydrogen) atoms. The minimum atomic E-state index is 0.119. The van der Waals surface area contributed by atoms with Crippen molar-refractivity contribution in [3.05, 3.63) is 30.6 Å². The summed E-state index contributed by atoms with van der Waals surface area (Å²) in [4.78, 5) is 4.12. The molecular weight excluding hydrogens is 250 g/mol. The van der Waals surface area contributed by atoms with E-state index in [-0.39, 0.29) is 5.41 Å². The molecule has 2 aromatic rings. The fourth-order valence-electron chi connectivity index (χ4n) is 3.04. The average Bonchev–Trinajstić information content (AvgIpc) is 2.45. The van der Waals surface area contributed by atoms with Crippen LogP contribution in [0.1, 0.15) is 20.3 Å². The Morgan fingerprint density at radius 2 is 2.15 bits per heavy atom. The van der Waals surface area contributed by atoms with Crippen LogP contribution >= 0.6 is 0 Å². The number of rotatable bonds is 3. The molecule has 2 atom stereocenters. The van der Waals surface area contributed by atoms with Crippen molar-refractivity contribution in [2.24, 2.45) is 5.41 Å². The molecule has 0 amide bonds. The maximum atomic E-state index is 6.28. The number of ether oxygens (including phenoxy) is 1. The molecule has 0 saturated heterocycles. The molecule has 1 aromatic heterocycles. The Morgan fingerprint density at radius 3 is 2.85 bits per heavy atom. The molecule has 1 aliphatic carbocycles. The second kappa shape index (κ2) is 4.63. The number of nitrogens with two attached hydrogens (primary N) is 1. The summed E-state index contributed by atoms with van der Waals surface area (Å²) in [5.74, 6) is 0. The first-order valence-corrected chi connectivity index (χ1v) is 6.95. The smallest absolute Gasteiger partial charge is 0.0661 e. The van der Waals surface area contributed by atoms with Gasteiger partial charge in [0.15, 0.2) is 0 Å². The van der Waals surface area contributed by atoms with Crippen molar-refractivity contribution in [2.75, 3.05) is 18.2 Å². The van der Waals surface area contributed by atoms with Gasteiger partial charge in [0.25, 0.3) is 0 Å². The summed E-state index contributed by atoms with van der Waals surface area (Å²) >= 11 is 0. The second-order valence-electron chi connectivity index (χ2n) is 6.10. The number of benzene rings is 1. The van der Waals surface area contributed by atoms with E-state index in [0.717, 1.165) is 28.6 Å². The normalized spacial score (nSPS) is 24.4. The quantitative estimate of drug-likeness (QED) is 0.842. The maximum Gasteiger partial charge on any atom is 0.0661 e. The Morgan fingerprint density at radius 1 is 1.35 bits per heavy atom. The predicted molar refractivity (Wildman–Crippen MR) is 82.8 cm³/mol. The highest BCUT2D eigenvalue weighted by Gasteiger charge is 2.48. The average molecular weight is 271 g/mol. The zero-order valence-electron chi connectivity index (χ0n) is 12.2. The number of nitrogens with one attached hydrogen (secondary N) is 1. The Kier molecular flexibility index (Phi) is 3.05. The van der Waals surface area contributed by atoms with E-state index in [0.29, 0.717) is 12.1 Å². The third kappa shape index (κ3) is 1.91. The number of aromatic nitrogens is 1. The van der Waals surface area contributed by atoms with E-state index in [9.17, 15) is 0 Å². The lowest BCUT2D eigenvalue weighted by Crippen LogP contribution is -2.57. The molecular formula is C16H21N3O. The van der Waals surface area contributed by atoms with E-state index in [1.54, 1.807) is 13.3 Å². The van der Waals surface area contributed by atoms with Crippen molar-refractivity contribution in [2.45, 2.75) is 32.4 Å². The van der Waals surface area contributed by atoms with Gasteiger partial charge in [-0.25, -0.2) is 0 Å². The van der Waals surface area contributed by atoms with Crippen LogP contribution in [0.3, 0.4) is 0 Å².